The Morgan fingerprint density at radius 3 is 2.78 bits per heavy atom. The van der Waals surface area contributed by atoms with Gasteiger partial charge in [0.25, 0.3) is 0 Å². The highest BCUT2D eigenvalue weighted by Gasteiger charge is 2.42. The van der Waals surface area contributed by atoms with Gasteiger partial charge in [-0.05, 0) is 12.3 Å². The van der Waals surface area contributed by atoms with Crippen molar-refractivity contribution in [3.63, 3.8) is 0 Å². The molecule has 1 fully saturated rings. The molecule has 0 aromatic heterocycles. The van der Waals surface area contributed by atoms with Gasteiger partial charge in [-0.1, -0.05) is 26.5 Å². The van der Waals surface area contributed by atoms with Crippen LogP contribution in [-0.4, -0.2) is 45.8 Å². The van der Waals surface area contributed by atoms with E-state index in [4.69, 9.17) is 9.84 Å². The lowest BCUT2D eigenvalue weighted by atomic mass is 10.1. The second-order valence-electron chi connectivity index (χ2n) is 4.54. The van der Waals surface area contributed by atoms with E-state index in [0.717, 1.165) is 6.42 Å². The van der Waals surface area contributed by atoms with Gasteiger partial charge in [0.15, 0.2) is 0 Å². The zero-order valence-corrected chi connectivity index (χ0v) is 11.5. The summed E-state index contributed by atoms with van der Waals surface area (Å²) in [5, 5.41) is 9.01. The third-order valence-electron chi connectivity index (χ3n) is 2.59. The molecule has 6 heteroatoms. The molecule has 0 aliphatic carbocycles. The number of aliphatic carboxylic acids is 1. The molecule has 0 aromatic rings. The minimum Gasteiger partial charge on any atom is -0.480 e. The first-order valence-electron chi connectivity index (χ1n) is 5.87. The summed E-state index contributed by atoms with van der Waals surface area (Å²) in [7, 11) is 0. The van der Waals surface area contributed by atoms with Crippen LogP contribution in [0.15, 0.2) is 12.7 Å². The summed E-state index contributed by atoms with van der Waals surface area (Å²) >= 11 is 1.50. The van der Waals surface area contributed by atoms with Crippen LogP contribution in [0.2, 0.25) is 0 Å². The van der Waals surface area contributed by atoms with Crippen LogP contribution in [0, 0.1) is 5.92 Å². The van der Waals surface area contributed by atoms with Gasteiger partial charge in [0.1, 0.15) is 12.6 Å². The molecular formula is C12H19NO4S. The lowest BCUT2D eigenvalue weighted by Gasteiger charge is -2.27. The smallest absolute Gasteiger partial charge is 0.411 e. The van der Waals surface area contributed by atoms with Crippen LogP contribution in [0.25, 0.3) is 0 Å². The van der Waals surface area contributed by atoms with Gasteiger partial charge < -0.3 is 9.84 Å². The first-order chi connectivity index (χ1) is 8.47. The van der Waals surface area contributed by atoms with Crippen molar-refractivity contribution in [1.29, 1.82) is 0 Å². The van der Waals surface area contributed by atoms with E-state index in [9.17, 15) is 9.59 Å². The molecule has 1 N–H and O–H groups in total. The number of carbonyl (C=O) groups is 2. The molecule has 1 heterocycles. The summed E-state index contributed by atoms with van der Waals surface area (Å²) in [6, 6.07) is -0.795. The summed E-state index contributed by atoms with van der Waals surface area (Å²) in [4.78, 5) is 24.4. The lowest BCUT2D eigenvalue weighted by molar-refractivity contribution is -0.141. The van der Waals surface area contributed by atoms with Crippen molar-refractivity contribution in [2.45, 2.75) is 31.7 Å². The van der Waals surface area contributed by atoms with Gasteiger partial charge in [0.05, 0.1) is 5.37 Å². The van der Waals surface area contributed by atoms with Crippen molar-refractivity contribution in [2.24, 2.45) is 5.92 Å². The van der Waals surface area contributed by atoms with E-state index in [-0.39, 0.29) is 12.0 Å². The number of ether oxygens (including phenoxy) is 1. The molecular weight excluding hydrogens is 254 g/mol. The first-order valence-corrected chi connectivity index (χ1v) is 6.92. The Morgan fingerprint density at radius 1 is 1.61 bits per heavy atom. The van der Waals surface area contributed by atoms with Crippen LogP contribution < -0.4 is 0 Å². The maximum atomic E-state index is 11.9. The average Bonchev–Trinajstić information content (AvgIpc) is 2.68. The zero-order valence-electron chi connectivity index (χ0n) is 10.7. The average molecular weight is 273 g/mol. The molecule has 1 amide bonds. The number of hydrogen-bond acceptors (Lipinski definition) is 4. The maximum Gasteiger partial charge on any atom is 0.411 e. The predicted octanol–water partition coefficient (Wildman–Crippen LogP) is 2.18. The molecule has 2 unspecified atom stereocenters. The fourth-order valence-electron chi connectivity index (χ4n) is 1.79. The molecule has 1 rings (SSSR count). The topological polar surface area (TPSA) is 66.8 Å². The molecule has 0 radical (unpaired) electrons. The molecule has 0 spiro atoms. The van der Waals surface area contributed by atoms with Gasteiger partial charge in [-0.2, -0.15) is 0 Å². The molecule has 1 aliphatic rings. The fraction of sp³-hybridized carbons (Fsp3) is 0.667. The fourth-order valence-corrected chi connectivity index (χ4v) is 3.41. The molecule has 0 bridgehead atoms. The SMILES string of the molecule is C=CCOC(=O)N1C(CC(C)C)SCC1C(=O)O. The normalized spacial score (nSPS) is 23.2. The van der Waals surface area contributed by atoms with Crippen LogP contribution in [0.3, 0.4) is 0 Å². The van der Waals surface area contributed by atoms with Crippen molar-refractivity contribution in [2.75, 3.05) is 12.4 Å². The van der Waals surface area contributed by atoms with Gasteiger partial charge in [0.2, 0.25) is 0 Å². The van der Waals surface area contributed by atoms with E-state index >= 15 is 0 Å². The standard InChI is InChI=1S/C12H19NO4S/c1-4-5-17-12(16)13-9(11(14)15)7-18-10(13)6-8(2)3/h4,8-10H,1,5-7H2,2-3H3,(H,14,15). The summed E-state index contributed by atoms with van der Waals surface area (Å²) in [5.74, 6) is -0.176. The third-order valence-corrected chi connectivity index (χ3v) is 3.90. The van der Waals surface area contributed by atoms with E-state index in [1.807, 2.05) is 13.8 Å². The van der Waals surface area contributed by atoms with E-state index < -0.39 is 18.1 Å². The van der Waals surface area contributed by atoms with E-state index in [1.54, 1.807) is 0 Å². The summed E-state index contributed by atoms with van der Waals surface area (Å²) in [6.07, 6.45) is 1.66. The molecule has 1 saturated heterocycles. The lowest BCUT2D eigenvalue weighted by Crippen LogP contribution is -2.46. The molecule has 1 aliphatic heterocycles. The highest BCUT2D eigenvalue weighted by atomic mass is 32.2. The molecule has 18 heavy (non-hydrogen) atoms. The van der Waals surface area contributed by atoms with E-state index in [0.29, 0.717) is 11.7 Å². The van der Waals surface area contributed by atoms with Crippen LogP contribution >= 0.6 is 11.8 Å². The van der Waals surface area contributed by atoms with Crippen molar-refractivity contribution >= 4 is 23.8 Å². The number of thioether (sulfide) groups is 1. The second-order valence-corrected chi connectivity index (χ2v) is 5.76. The van der Waals surface area contributed by atoms with Crippen LogP contribution in [-0.2, 0) is 9.53 Å². The predicted molar refractivity (Wildman–Crippen MR) is 70.5 cm³/mol. The maximum absolute atomic E-state index is 11.9. The summed E-state index contributed by atoms with van der Waals surface area (Å²) in [6.45, 7) is 7.65. The monoisotopic (exact) mass is 273 g/mol. The van der Waals surface area contributed by atoms with Gasteiger partial charge in [-0.15, -0.1) is 11.8 Å². The minimum atomic E-state index is -0.982. The number of carboxylic acids is 1. The van der Waals surface area contributed by atoms with Crippen LogP contribution in [0.4, 0.5) is 4.79 Å². The Bertz CT molecular complexity index is 332. The number of carbonyl (C=O) groups excluding carboxylic acids is 1. The first kappa shape index (κ1) is 14.9. The third kappa shape index (κ3) is 3.66. The van der Waals surface area contributed by atoms with Crippen LogP contribution in [0.1, 0.15) is 20.3 Å². The van der Waals surface area contributed by atoms with Gasteiger partial charge >= 0.3 is 12.1 Å². The second kappa shape index (κ2) is 6.68. The van der Waals surface area contributed by atoms with Gasteiger partial charge in [0, 0.05) is 5.75 Å². The quantitative estimate of drug-likeness (QED) is 0.778. The van der Waals surface area contributed by atoms with Crippen molar-refractivity contribution in [1.82, 2.24) is 4.90 Å². The van der Waals surface area contributed by atoms with E-state index in [2.05, 4.69) is 6.58 Å². The Hall–Kier alpha value is -1.17. The number of carboxylic acid groups (broad SMARTS) is 1. The number of nitrogens with zero attached hydrogens (tertiary/aromatic N) is 1. The molecule has 0 aromatic carbocycles. The van der Waals surface area contributed by atoms with Crippen LogP contribution in [0.5, 0.6) is 0 Å². The van der Waals surface area contributed by atoms with Crippen molar-refractivity contribution in [3.05, 3.63) is 12.7 Å². The Kier molecular flexibility index (Phi) is 5.53. The van der Waals surface area contributed by atoms with Gasteiger partial charge in [-0.25, -0.2) is 9.59 Å². The van der Waals surface area contributed by atoms with E-state index in [1.165, 1.54) is 22.7 Å². The molecule has 5 nitrogen and oxygen atoms in total. The number of hydrogen-bond donors (Lipinski definition) is 1. The molecule has 102 valence electrons. The van der Waals surface area contributed by atoms with Crippen molar-refractivity contribution < 1.29 is 19.4 Å². The molecule has 2 atom stereocenters. The summed E-state index contributed by atoms with van der Waals surface area (Å²) < 4.78 is 4.96. The Labute approximate surface area is 111 Å². The number of amides is 1. The van der Waals surface area contributed by atoms with Crippen molar-refractivity contribution in [3.8, 4) is 0 Å². The highest BCUT2D eigenvalue weighted by molar-refractivity contribution is 8.00. The van der Waals surface area contributed by atoms with Gasteiger partial charge in [-0.3, -0.25) is 4.90 Å². The molecule has 0 saturated carbocycles. The minimum absolute atomic E-state index is 0.0980. The zero-order chi connectivity index (χ0) is 13.7. The summed E-state index contributed by atoms with van der Waals surface area (Å²) in [5.41, 5.74) is 0. The number of rotatable bonds is 5. The Balaban J connectivity index is 2.77. The largest absolute Gasteiger partial charge is 0.480 e. The highest BCUT2D eigenvalue weighted by Crippen LogP contribution is 2.33. The Morgan fingerprint density at radius 2 is 2.28 bits per heavy atom.